The summed E-state index contributed by atoms with van der Waals surface area (Å²) in [5, 5.41) is 4.07. The summed E-state index contributed by atoms with van der Waals surface area (Å²) in [6.45, 7) is -0.364. The van der Waals surface area contributed by atoms with Gasteiger partial charge in [0.15, 0.2) is 6.73 Å². The van der Waals surface area contributed by atoms with Crippen LogP contribution in [0.2, 0.25) is 15.1 Å². The highest BCUT2D eigenvalue weighted by molar-refractivity contribution is 6.41. The first-order valence-electron chi connectivity index (χ1n) is 5.33. The molecule has 1 aromatic carbocycles. The van der Waals surface area contributed by atoms with Crippen LogP contribution in [0.4, 0.5) is 0 Å². The Bertz CT molecular complexity index is 698. The maximum Gasteiger partial charge on any atom is 0.339 e. The van der Waals surface area contributed by atoms with Gasteiger partial charge in [0.2, 0.25) is 0 Å². The van der Waals surface area contributed by atoms with E-state index >= 15 is 0 Å². The second kappa shape index (κ2) is 6.26. The molecule has 0 aliphatic heterocycles. The average molecular weight is 334 g/mol. The van der Waals surface area contributed by atoms with Crippen LogP contribution in [0.3, 0.4) is 0 Å². The van der Waals surface area contributed by atoms with Crippen LogP contribution in [-0.2, 0) is 11.5 Å². The zero-order valence-electron chi connectivity index (χ0n) is 9.85. The summed E-state index contributed by atoms with van der Waals surface area (Å²) in [7, 11) is 0. The molecule has 0 saturated carbocycles. The summed E-state index contributed by atoms with van der Waals surface area (Å²) in [5.74, 6) is -0.610. The van der Waals surface area contributed by atoms with E-state index in [1.807, 2.05) is 0 Å². The Balaban J connectivity index is 2.09. The fourth-order valence-corrected chi connectivity index (χ4v) is 1.72. The number of rotatable bonds is 3. The SMILES string of the molecule is O=C(OCn1ncc(Cl)c(Cl)c1=O)c1ccc(Cl)cc1. The molecule has 0 unspecified atom stereocenters. The van der Waals surface area contributed by atoms with Gasteiger partial charge >= 0.3 is 5.97 Å². The van der Waals surface area contributed by atoms with Gasteiger partial charge in [0.05, 0.1) is 16.8 Å². The van der Waals surface area contributed by atoms with E-state index in [0.29, 0.717) is 10.6 Å². The van der Waals surface area contributed by atoms with Crippen LogP contribution in [0.25, 0.3) is 0 Å². The monoisotopic (exact) mass is 332 g/mol. The molecular formula is C12H7Cl3N2O3. The van der Waals surface area contributed by atoms with Gasteiger partial charge in [-0.25, -0.2) is 4.79 Å². The third kappa shape index (κ3) is 3.30. The second-order valence-electron chi connectivity index (χ2n) is 3.68. The van der Waals surface area contributed by atoms with Crippen LogP contribution in [0, 0.1) is 0 Å². The minimum atomic E-state index is -0.636. The molecule has 0 radical (unpaired) electrons. The quantitative estimate of drug-likeness (QED) is 0.810. The fourth-order valence-electron chi connectivity index (χ4n) is 1.33. The number of aromatic nitrogens is 2. The van der Waals surface area contributed by atoms with Gasteiger partial charge in [-0.15, -0.1) is 0 Å². The largest absolute Gasteiger partial charge is 0.439 e. The number of benzene rings is 1. The van der Waals surface area contributed by atoms with Gasteiger partial charge in [0.1, 0.15) is 5.02 Å². The molecule has 2 rings (SSSR count). The smallest absolute Gasteiger partial charge is 0.339 e. The van der Waals surface area contributed by atoms with E-state index in [1.54, 1.807) is 12.1 Å². The lowest BCUT2D eigenvalue weighted by Crippen LogP contribution is -2.25. The van der Waals surface area contributed by atoms with Crippen molar-refractivity contribution in [3.05, 3.63) is 61.4 Å². The van der Waals surface area contributed by atoms with E-state index in [-0.39, 0.29) is 16.8 Å². The first-order chi connectivity index (χ1) is 9.49. The molecule has 0 bridgehead atoms. The van der Waals surface area contributed by atoms with Gasteiger partial charge in [0.25, 0.3) is 5.56 Å². The number of hydrogen-bond acceptors (Lipinski definition) is 4. The summed E-state index contributed by atoms with van der Waals surface area (Å²) < 4.78 is 5.84. The van der Waals surface area contributed by atoms with Gasteiger partial charge in [-0.1, -0.05) is 34.8 Å². The van der Waals surface area contributed by atoms with Crippen LogP contribution < -0.4 is 5.56 Å². The van der Waals surface area contributed by atoms with Crippen LogP contribution in [-0.4, -0.2) is 15.7 Å². The van der Waals surface area contributed by atoms with Crippen LogP contribution in [0.15, 0.2) is 35.3 Å². The molecular weight excluding hydrogens is 327 g/mol. The minimum Gasteiger partial charge on any atom is -0.439 e. The van der Waals surface area contributed by atoms with E-state index in [2.05, 4.69) is 5.10 Å². The lowest BCUT2D eigenvalue weighted by atomic mass is 10.2. The highest BCUT2D eigenvalue weighted by Gasteiger charge is 2.11. The lowest BCUT2D eigenvalue weighted by molar-refractivity contribution is 0.0340. The van der Waals surface area contributed by atoms with Crippen molar-refractivity contribution in [1.29, 1.82) is 0 Å². The Morgan fingerprint density at radius 3 is 2.50 bits per heavy atom. The van der Waals surface area contributed by atoms with Crippen LogP contribution in [0.5, 0.6) is 0 Å². The minimum absolute atomic E-state index is 0.0388. The topological polar surface area (TPSA) is 61.2 Å². The summed E-state index contributed by atoms with van der Waals surface area (Å²) in [6, 6.07) is 6.13. The third-order valence-corrected chi connectivity index (χ3v) is 3.34. The second-order valence-corrected chi connectivity index (χ2v) is 4.90. The first kappa shape index (κ1) is 14.8. The van der Waals surface area contributed by atoms with Gasteiger partial charge in [-0.2, -0.15) is 9.78 Å². The zero-order chi connectivity index (χ0) is 14.7. The van der Waals surface area contributed by atoms with E-state index in [4.69, 9.17) is 39.5 Å². The Morgan fingerprint density at radius 1 is 1.20 bits per heavy atom. The highest BCUT2D eigenvalue weighted by Crippen LogP contribution is 2.14. The Labute approximate surface area is 128 Å². The van der Waals surface area contributed by atoms with Crippen molar-refractivity contribution in [3.8, 4) is 0 Å². The predicted octanol–water partition coefficient (Wildman–Crippen LogP) is 3.02. The van der Waals surface area contributed by atoms with E-state index < -0.39 is 11.5 Å². The van der Waals surface area contributed by atoms with Crippen molar-refractivity contribution in [2.24, 2.45) is 0 Å². The number of carbonyl (C=O) groups excluding carboxylic acids is 1. The number of ether oxygens (including phenoxy) is 1. The molecule has 0 spiro atoms. The Hall–Kier alpha value is -1.56. The molecule has 8 heteroatoms. The molecule has 20 heavy (non-hydrogen) atoms. The molecule has 5 nitrogen and oxygen atoms in total. The summed E-state index contributed by atoms with van der Waals surface area (Å²) in [5.41, 5.74) is -0.328. The predicted molar refractivity (Wildman–Crippen MR) is 75.4 cm³/mol. The van der Waals surface area contributed by atoms with E-state index in [9.17, 15) is 9.59 Å². The number of hydrogen-bond donors (Lipinski definition) is 0. The number of esters is 1. The van der Waals surface area contributed by atoms with Crippen molar-refractivity contribution >= 4 is 40.8 Å². The molecule has 0 aliphatic rings. The van der Waals surface area contributed by atoms with E-state index in [0.717, 1.165) is 4.68 Å². The lowest BCUT2D eigenvalue weighted by Gasteiger charge is -2.07. The normalized spacial score (nSPS) is 10.3. The van der Waals surface area contributed by atoms with Gasteiger partial charge in [-0.05, 0) is 24.3 Å². The van der Waals surface area contributed by atoms with Gasteiger partial charge in [-0.3, -0.25) is 4.79 Å². The summed E-state index contributed by atoms with van der Waals surface area (Å²) in [4.78, 5) is 23.4. The molecule has 0 saturated heterocycles. The van der Waals surface area contributed by atoms with Crippen LogP contribution >= 0.6 is 34.8 Å². The maximum atomic E-state index is 11.7. The molecule has 1 aromatic heterocycles. The van der Waals surface area contributed by atoms with Crippen molar-refractivity contribution in [3.63, 3.8) is 0 Å². The number of nitrogens with zero attached hydrogens (tertiary/aromatic N) is 2. The third-order valence-electron chi connectivity index (χ3n) is 2.34. The molecule has 0 amide bonds. The molecule has 104 valence electrons. The Morgan fingerprint density at radius 2 is 1.85 bits per heavy atom. The zero-order valence-corrected chi connectivity index (χ0v) is 12.1. The van der Waals surface area contributed by atoms with Crippen molar-refractivity contribution < 1.29 is 9.53 Å². The van der Waals surface area contributed by atoms with Crippen molar-refractivity contribution in [1.82, 2.24) is 9.78 Å². The van der Waals surface area contributed by atoms with Gasteiger partial charge in [0, 0.05) is 5.02 Å². The summed E-state index contributed by atoms with van der Waals surface area (Å²) >= 11 is 17.0. The fraction of sp³-hybridized carbons (Fsp3) is 0.0833. The molecule has 0 atom stereocenters. The maximum absolute atomic E-state index is 11.7. The number of halogens is 3. The first-order valence-corrected chi connectivity index (χ1v) is 6.46. The van der Waals surface area contributed by atoms with E-state index in [1.165, 1.54) is 18.3 Å². The summed E-state index contributed by atoms with van der Waals surface area (Å²) in [6.07, 6.45) is 1.20. The van der Waals surface area contributed by atoms with Gasteiger partial charge < -0.3 is 4.74 Å². The molecule has 0 N–H and O–H groups in total. The van der Waals surface area contributed by atoms with Crippen molar-refractivity contribution in [2.45, 2.75) is 6.73 Å². The highest BCUT2D eigenvalue weighted by atomic mass is 35.5. The molecule has 2 aromatic rings. The molecule has 1 heterocycles. The molecule has 0 fully saturated rings. The van der Waals surface area contributed by atoms with Crippen LogP contribution in [0.1, 0.15) is 10.4 Å². The number of carbonyl (C=O) groups is 1. The Kier molecular flexibility index (Phi) is 4.65. The average Bonchev–Trinajstić information content (AvgIpc) is 2.44. The van der Waals surface area contributed by atoms with Crippen molar-refractivity contribution in [2.75, 3.05) is 0 Å². The molecule has 0 aliphatic carbocycles. The standard InChI is InChI=1S/C12H7Cl3N2O3/c13-8-3-1-7(2-4-8)12(19)20-6-17-11(18)10(15)9(14)5-16-17/h1-5H,6H2.